The third-order valence-electron chi connectivity index (χ3n) is 7.82. The Hall–Kier alpha value is -4.27. The lowest BCUT2D eigenvalue weighted by Crippen LogP contribution is -2.30. The Labute approximate surface area is 234 Å². The number of benzene rings is 3. The Bertz CT molecular complexity index is 1770. The number of anilines is 1. The molecule has 0 amide bonds. The van der Waals surface area contributed by atoms with Gasteiger partial charge in [0.15, 0.2) is 5.82 Å². The van der Waals surface area contributed by atoms with Crippen molar-refractivity contribution in [2.45, 2.75) is 39.2 Å². The molecule has 0 radical (unpaired) electrons. The molecule has 40 heavy (non-hydrogen) atoms. The summed E-state index contributed by atoms with van der Waals surface area (Å²) in [5.41, 5.74) is 4.74. The van der Waals surface area contributed by atoms with Crippen molar-refractivity contribution in [1.82, 2.24) is 9.78 Å². The summed E-state index contributed by atoms with van der Waals surface area (Å²) in [6.07, 6.45) is 2.30. The van der Waals surface area contributed by atoms with Crippen molar-refractivity contribution in [2.24, 2.45) is 9.74 Å². The number of aliphatic imine (C=N–C) groups is 1. The maximum absolute atomic E-state index is 14.0. The van der Waals surface area contributed by atoms with Crippen LogP contribution in [0.15, 0.2) is 99.6 Å². The summed E-state index contributed by atoms with van der Waals surface area (Å²) < 4.78 is 21.5. The van der Waals surface area contributed by atoms with E-state index in [4.69, 9.17) is 14.8 Å². The van der Waals surface area contributed by atoms with Gasteiger partial charge in [-0.05, 0) is 42.8 Å². The van der Waals surface area contributed by atoms with Gasteiger partial charge in [-0.15, -0.1) is 0 Å². The summed E-state index contributed by atoms with van der Waals surface area (Å²) in [7, 11) is -0.687. The molecule has 0 saturated heterocycles. The first kappa shape index (κ1) is 26.0. The van der Waals surface area contributed by atoms with Gasteiger partial charge in [-0.2, -0.15) is 10.4 Å². The highest BCUT2D eigenvalue weighted by Gasteiger charge is 2.47. The number of halogens is 1. The number of hydrogen-bond acceptors (Lipinski definition) is 5. The van der Waals surface area contributed by atoms with Crippen molar-refractivity contribution in [1.29, 1.82) is 5.26 Å². The van der Waals surface area contributed by atoms with Crippen LogP contribution in [0, 0.1) is 24.1 Å². The first-order valence-corrected chi connectivity index (χ1v) is 15.0. The van der Waals surface area contributed by atoms with Gasteiger partial charge in [0.25, 0.3) is 0 Å². The molecule has 8 heteroatoms. The van der Waals surface area contributed by atoms with Crippen LogP contribution >= 0.6 is 7.05 Å². The van der Waals surface area contributed by atoms with Crippen molar-refractivity contribution < 1.29 is 4.39 Å². The van der Waals surface area contributed by atoms with E-state index in [0.717, 1.165) is 38.8 Å². The molecule has 2 aliphatic heterocycles. The average molecular weight is 549 g/mol. The van der Waals surface area contributed by atoms with Crippen molar-refractivity contribution in [3.8, 4) is 6.07 Å². The van der Waals surface area contributed by atoms with Crippen LogP contribution in [-0.4, -0.2) is 23.0 Å². The van der Waals surface area contributed by atoms with Gasteiger partial charge in [-0.25, -0.2) is 14.1 Å². The summed E-state index contributed by atoms with van der Waals surface area (Å²) in [5, 5.41) is 17.3. The molecule has 3 heterocycles. The van der Waals surface area contributed by atoms with Crippen LogP contribution in [0.1, 0.15) is 31.5 Å². The fraction of sp³-hybridized carbons (Fsp3) is 0.219. The predicted octanol–water partition coefficient (Wildman–Crippen LogP) is 7.08. The number of nitrogens with zero attached hydrogens (tertiary/aromatic N) is 6. The monoisotopic (exact) mass is 548 g/mol. The molecule has 0 aliphatic carbocycles. The van der Waals surface area contributed by atoms with Crippen molar-refractivity contribution in [3.05, 3.63) is 107 Å². The van der Waals surface area contributed by atoms with E-state index in [1.165, 1.54) is 17.7 Å². The van der Waals surface area contributed by atoms with E-state index in [1.807, 2.05) is 36.0 Å². The van der Waals surface area contributed by atoms with Crippen LogP contribution in [0.25, 0.3) is 0 Å². The van der Waals surface area contributed by atoms with Crippen molar-refractivity contribution >= 4 is 41.1 Å². The molecule has 2 aliphatic rings. The molecule has 3 aromatic carbocycles. The molecule has 0 unspecified atom stereocenters. The van der Waals surface area contributed by atoms with Crippen LogP contribution in [0.2, 0.25) is 0 Å². The van der Waals surface area contributed by atoms with Crippen LogP contribution in [-0.2, 0) is 12.0 Å². The minimum atomic E-state index is -2.80. The summed E-state index contributed by atoms with van der Waals surface area (Å²) >= 11 is 0. The van der Waals surface area contributed by atoms with Crippen LogP contribution in [0.4, 0.5) is 21.6 Å². The van der Waals surface area contributed by atoms with Crippen molar-refractivity contribution in [2.75, 3.05) is 11.9 Å². The number of aryl methyl sites for hydroxylation is 2. The Morgan fingerprint density at radius 2 is 1.70 bits per heavy atom. The second-order valence-electron chi connectivity index (χ2n) is 10.6. The maximum atomic E-state index is 14.0. The van der Waals surface area contributed by atoms with Gasteiger partial charge in [-0.1, -0.05) is 62.4 Å². The zero-order valence-corrected chi connectivity index (χ0v) is 23.9. The van der Waals surface area contributed by atoms with E-state index >= 15 is 0 Å². The zero-order valence-electron chi connectivity index (χ0n) is 23.0. The van der Waals surface area contributed by atoms with Crippen molar-refractivity contribution in [3.63, 3.8) is 0 Å². The lowest BCUT2D eigenvalue weighted by atomic mass is 9.84. The third kappa shape index (κ3) is 3.86. The molecule has 1 aromatic heterocycles. The molecule has 200 valence electrons. The minimum absolute atomic E-state index is 0.303. The van der Waals surface area contributed by atoms with E-state index in [9.17, 15) is 9.65 Å². The highest BCUT2D eigenvalue weighted by atomic mass is 31.2. The molecule has 0 saturated carbocycles. The van der Waals surface area contributed by atoms with Gasteiger partial charge < -0.3 is 4.90 Å². The SMILES string of the molecule is Cc1nn(CCC#N)c2c1[P@@](=Nc1ccc(F)cc1)(c1ccccc1)/C(=C1/N(C)c3ccccc3C1(C)C)C=N2. The number of nitriles is 1. The van der Waals surface area contributed by atoms with Crippen LogP contribution < -0.4 is 15.5 Å². The molecular formula is C32H30FN6P. The normalized spacial score (nSPS) is 20.6. The minimum Gasteiger partial charge on any atom is -0.346 e. The number of rotatable bonds is 4. The summed E-state index contributed by atoms with van der Waals surface area (Å²) in [5.74, 6) is 0.430. The second-order valence-corrected chi connectivity index (χ2v) is 13.5. The first-order valence-electron chi connectivity index (χ1n) is 13.3. The summed E-state index contributed by atoms with van der Waals surface area (Å²) in [6, 6.07) is 27.5. The zero-order chi connectivity index (χ0) is 28.1. The molecule has 0 spiro atoms. The standard InChI is InChI=1S/C32H30FN6P/c1-22-29-31(39(36-22)20-10-19-34)35-21-28(30-32(2,3)26-13-8-9-14-27(26)38(30)4)40(29,25-11-6-5-7-12-25)37-24-17-15-23(33)16-18-24/h5-9,11-18,21H,10,20H2,1-4H3/b30-28+/t40-/m1/s1. The highest BCUT2D eigenvalue weighted by molar-refractivity contribution is 7.86. The molecule has 1 atom stereocenters. The Morgan fingerprint density at radius 3 is 2.40 bits per heavy atom. The van der Waals surface area contributed by atoms with E-state index in [-0.39, 0.29) is 11.2 Å². The van der Waals surface area contributed by atoms with Gasteiger partial charge in [-0.3, -0.25) is 4.74 Å². The number of hydrogen-bond donors (Lipinski definition) is 0. The smallest absolute Gasteiger partial charge is 0.160 e. The van der Waals surface area contributed by atoms with E-state index in [2.05, 4.69) is 68.3 Å². The van der Waals surface area contributed by atoms with E-state index in [1.54, 1.807) is 12.1 Å². The number of para-hydroxylation sites is 1. The maximum Gasteiger partial charge on any atom is 0.160 e. The Balaban J connectivity index is 1.79. The van der Waals surface area contributed by atoms with Gasteiger partial charge >= 0.3 is 0 Å². The topological polar surface area (TPSA) is 69.6 Å². The largest absolute Gasteiger partial charge is 0.346 e. The number of fused-ring (bicyclic) bond motifs is 2. The molecule has 0 fully saturated rings. The number of likely N-dealkylation sites (N-methyl/N-ethyl adjacent to an activating group) is 1. The van der Waals surface area contributed by atoms with Gasteiger partial charge in [0.05, 0.1) is 42.8 Å². The average Bonchev–Trinajstić information content (AvgIpc) is 3.39. The fourth-order valence-electron chi connectivity index (χ4n) is 6.13. The predicted molar refractivity (Wildman–Crippen MR) is 161 cm³/mol. The van der Waals surface area contributed by atoms with Gasteiger partial charge in [0, 0.05) is 40.7 Å². The highest BCUT2D eigenvalue weighted by Crippen LogP contribution is 2.64. The van der Waals surface area contributed by atoms with Gasteiger partial charge in [0.1, 0.15) is 5.82 Å². The molecule has 0 N–H and O–H groups in total. The van der Waals surface area contributed by atoms with E-state index in [0.29, 0.717) is 18.7 Å². The van der Waals surface area contributed by atoms with Gasteiger partial charge in [0.2, 0.25) is 0 Å². The lowest BCUT2D eigenvalue weighted by Gasteiger charge is -2.35. The lowest BCUT2D eigenvalue weighted by molar-refractivity contribution is 0.626. The molecule has 4 aromatic rings. The van der Waals surface area contributed by atoms with Crippen LogP contribution in [0.3, 0.4) is 0 Å². The second kappa shape index (κ2) is 9.73. The molecular weight excluding hydrogens is 518 g/mol. The summed E-state index contributed by atoms with van der Waals surface area (Å²) in [4.78, 5) is 7.29. The quantitative estimate of drug-likeness (QED) is 0.256. The number of allylic oxidation sites excluding steroid dienone is 2. The third-order valence-corrected chi connectivity index (χ3v) is 11.6. The molecule has 6 rings (SSSR count). The number of aromatic nitrogens is 2. The Morgan fingerprint density at radius 1 is 1.00 bits per heavy atom. The molecule has 6 nitrogen and oxygen atoms in total. The Kier molecular flexibility index (Phi) is 6.32. The van der Waals surface area contributed by atoms with E-state index < -0.39 is 7.05 Å². The van der Waals surface area contributed by atoms with Crippen LogP contribution in [0.5, 0.6) is 0 Å². The summed E-state index contributed by atoms with van der Waals surface area (Å²) in [6.45, 7) is 6.95. The first-order chi connectivity index (χ1) is 19.3. The fourth-order valence-corrected chi connectivity index (χ4v) is 10.2. The molecule has 0 bridgehead atoms.